The number of carbonyl (C=O) groups excluding carboxylic acids is 1. The Balaban J connectivity index is 1.82. The lowest BCUT2D eigenvalue weighted by Crippen LogP contribution is -2.45. The second-order valence-electron chi connectivity index (χ2n) is 5.56. The zero-order valence-corrected chi connectivity index (χ0v) is 12.5. The van der Waals surface area contributed by atoms with E-state index in [1.807, 2.05) is 12.1 Å². The normalized spacial score (nSPS) is 17.5. The molecular weight excluding hydrogens is 292 g/mol. The molecule has 1 amide bonds. The Morgan fingerprint density at radius 3 is 3.17 bits per heavy atom. The highest BCUT2D eigenvalue weighted by atomic mass is 16.2. The molecule has 3 rings (SSSR count). The van der Waals surface area contributed by atoms with Crippen molar-refractivity contribution in [3.05, 3.63) is 24.0 Å². The number of hydrogen-bond donors (Lipinski definition) is 2. The average molecular weight is 308 g/mol. The van der Waals surface area contributed by atoms with Crippen molar-refractivity contribution in [2.45, 2.75) is 25.3 Å². The predicted molar refractivity (Wildman–Crippen MR) is 84.3 cm³/mol. The van der Waals surface area contributed by atoms with Gasteiger partial charge in [-0.2, -0.15) is 10.5 Å². The smallest absolute Gasteiger partial charge is 0.236 e. The molecule has 2 N–H and O–H groups in total. The number of likely N-dealkylation sites (tertiary alicyclic amines) is 1. The first-order valence-corrected chi connectivity index (χ1v) is 7.50. The number of rotatable bonds is 3. The number of H-pyrrole nitrogens is 1. The lowest BCUT2D eigenvalue weighted by Gasteiger charge is -2.33. The van der Waals surface area contributed by atoms with Crippen LogP contribution in [0, 0.1) is 22.7 Å². The van der Waals surface area contributed by atoms with E-state index in [2.05, 4.69) is 21.4 Å². The number of aromatic nitrogens is 2. The fourth-order valence-electron chi connectivity index (χ4n) is 2.95. The van der Waals surface area contributed by atoms with Gasteiger partial charge in [-0.1, -0.05) is 0 Å². The molecule has 0 aliphatic carbocycles. The Hall–Kier alpha value is -3.06. The lowest BCUT2D eigenvalue weighted by atomic mass is 10.0. The molecule has 1 atom stereocenters. The minimum atomic E-state index is -0.138. The van der Waals surface area contributed by atoms with Crippen LogP contribution in [0.2, 0.25) is 0 Å². The third-order valence-corrected chi connectivity index (χ3v) is 4.06. The van der Waals surface area contributed by atoms with E-state index in [9.17, 15) is 10.1 Å². The minimum Gasteiger partial charge on any atom is -0.379 e. The monoisotopic (exact) mass is 308 g/mol. The molecule has 1 aliphatic rings. The predicted octanol–water partition coefficient (Wildman–Crippen LogP) is 1.75. The van der Waals surface area contributed by atoms with Gasteiger partial charge in [0.25, 0.3) is 0 Å². The number of carbonyl (C=O) groups is 1. The summed E-state index contributed by atoms with van der Waals surface area (Å²) in [6.07, 6.45) is 5.03. The van der Waals surface area contributed by atoms with Crippen LogP contribution >= 0.6 is 0 Å². The molecule has 0 radical (unpaired) electrons. The van der Waals surface area contributed by atoms with Crippen LogP contribution in [0.4, 0.5) is 5.69 Å². The molecule has 0 aromatic carbocycles. The van der Waals surface area contributed by atoms with E-state index in [0.717, 1.165) is 29.6 Å². The SMILES string of the molecule is N#CCC(=O)N1CCCC(Nc2c(C#N)cnc3[nH]ccc23)C1. The number of aromatic amines is 1. The number of fused-ring (bicyclic) bond motifs is 1. The number of hydrogen-bond acceptors (Lipinski definition) is 5. The minimum absolute atomic E-state index is 0.0546. The van der Waals surface area contributed by atoms with Crippen LogP contribution < -0.4 is 5.32 Å². The molecular formula is C16H16N6O. The van der Waals surface area contributed by atoms with Crippen LogP contribution in [0.5, 0.6) is 0 Å². The number of nitrogens with one attached hydrogen (secondary N) is 2. The van der Waals surface area contributed by atoms with Gasteiger partial charge < -0.3 is 15.2 Å². The molecule has 23 heavy (non-hydrogen) atoms. The topological polar surface area (TPSA) is 109 Å². The van der Waals surface area contributed by atoms with Crippen LogP contribution in [0.25, 0.3) is 11.0 Å². The number of piperidine rings is 1. The van der Waals surface area contributed by atoms with Gasteiger partial charge >= 0.3 is 0 Å². The zero-order chi connectivity index (χ0) is 16.2. The van der Waals surface area contributed by atoms with Crippen molar-refractivity contribution in [2.75, 3.05) is 18.4 Å². The van der Waals surface area contributed by atoms with Gasteiger partial charge in [0, 0.05) is 36.9 Å². The Labute approximate surface area is 133 Å². The highest BCUT2D eigenvalue weighted by Gasteiger charge is 2.24. The first-order chi connectivity index (χ1) is 11.2. The van der Waals surface area contributed by atoms with Crippen LogP contribution in [-0.2, 0) is 4.79 Å². The molecule has 7 heteroatoms. The van der Waals surface area contributed by atoms with Gasteiger partial charge in [0.1, 0.15) is 18.1 Å². The van der Waals surface area contributed by atoms with E-state index in [-0.39, 0.29) is 18.4 Å². The summed E-state index contributed by atoms with van der Waals surface area (Å²) in [5.41, 5.74) is 1.95. The zero-order valence-electron chi connectivity index (χ0n) is 12.5. The number of nitriles is 2. The first kappa shape index (κ1) is 14.9. The number of anilines is 1. The largest absolute Gasteiger partial charge is 0.379 e. The second-order valence-corrected chi connectivity index (χ2v) is 5.56. The van der Waals surface area contributed by atoms with E-state index in [4.69, 9.17) is 5.26 Å². The van der Waals surface area contributed by atoms with Crippen molar-refractivity contribution >= 4 is 22.6 Å². The molecule has 2 aromatic rings. The highest BCUT2D eigenvalue weighted by Crippen LogP contribution is 2.27. The summed E-state index contributed by atoms with van der Waals surface area (Å²) in [7, 11) is 0. The van der Waals surface area contributed by atoms with Crippen molar-refractivity contribution in [1.82, 2.24) is 14.9 Å². The molecule has 1 aliphatic heterocycles. The first-order valence-electron chi connectivity index (χ1n) is 7.50. The third kappa shape index (κ3) is 2.95. The molecule has 0 saturated carbocycles. The molecule has 2 aromatic heterocycles. The van der Waals surface area contributed by atoms with Gasteiger partial charge in [-0.3, -0.25) is 4.79 Å². The van der Waals surface area contributed by atoms with Gasteiger partial charge in [-0.25, -0.2) is 4.98 Å². The van der Waals surface area contributed by atoms with E-state index in [1.54, 1.807) is 17.3 Å². The maximum Gasteiger partial charge on any atom is 0.236 e. The Bertz CT molecular complexity index is 812. The summed E-state index contributed by atoms with van der Waals surface area (Å²) in [6.45, 7) is 1.22. The molecule has 1 fully saturated rings. The molecule has 3 heterocycles. The van der Waals surface area contributed by atoms with E-state index in [1.165, 1.54) is 0 Å². The van der Waals surface area contributed by atoms with Crippen LogP contribution in [0.15, 0.2) is 18.5 Å². The number of amides is 1. The Morgan fingerprint density at radius 2 is 2.39 bits per heavy atom. The van der Waals surface area contributed by atoms with Gasteiger partial charge in [0.2, 0.25) is 5.91 Å². The van der Waals surface area contributed by atoms with Crippen LogP contribution in [0.3, 0.4) is 0 Å². The fourth-order valence-corrected chi connectivity index (χ4v) is 2.95. The summed E-state index contributed by atoms with van der Waals surface area (Å²) in [4.78, 5) is 20.9. The molecule has 0 bridgehead atoms. The van der Waals surface area contributed by atoms with Gasteiger partial charge in [0.15, 0.2) is 0 Å². The van der Waals surface area contributed by atoms with Crippen molar-refractivity contribution in [3.8, 4) is 12.1 Å². The van der Waals surface area contributed by atoms with Crippen molar-refractivity contribution < 1.29 is 4.79 Å². The third-order valence-electron chi connectivity index (χ3n) is 4.06. The average Bonchev–Trinajstić information content (AvgIpc) is 3.05. The maximum absolute atomic E-state index is 11.9. The maximum atomic E-state index is 11.9. The molecule has 116 valence electrons. The van der Waals surface area contributed by atoms with Gasteiger partial charge in [0.05, 0.1) is 17.3 Å². The van der Waals surface area contributed by atoms with Gasteiger partial charge in [-0.15, -0.1) is 0 Å². The summed E-state index contributed by atoms with van der Waals surface area (Å²) in [5.74, 6) is -0.138. The van der Waals surface area contributed by atoms with E-state index in [0.29, 0.717) is 18.7 Å². The Morgan fingerprint density at radius 1 is 1.52 bits per heavy atom. The van der Waals surface area contributed by atoms with Crippen LogP contribution in [0.1, 0.15) is 24.8 Å². The standard InChI is InChI=1S/C16H16N6O/c17-5-3-14(23)22-7-1-2-12(10-22)21-15-11(8-18)9-20-16-13(15)4-6-19-16/h4,6,9,12H,1-3,7,10H2,(H2,19,20,21). The summed E-state index contributed by atoms with van der Waals surface area (Å²) in [5, 5.41) is 22.2. The highest BCUT2D eigenvalue weighted by molar-refractivity contribution is 5.92. The molecule has 1 saturated heterocycles. The lowest BCUT2D eigenvalue weighted by molar-refractivity contribution is -0.131. The quantitative estimate of drug-likeness (QED) is 0.898. The summed E-state index contributed by atoms with van der Waals surface area (Å²) in [6, 6.07) is 6.00. The summed E-state index contributed by atoms with van der Waals surface area (Å²) >= 11 is 0. The molecule has 7 nitrogen and oxygen atoms in total. The number of pyridine rings is 1. The van der Waals surface area contributed by atoms with Crippen molar-refractivity contribution in [2.24, 2.45) is 0 Å². The van der Waals surface area contributed by atoms with E-state index < -0.39 is 0 Å². The van der Waals surface area contributed by atoms with Gasteiger partial charge in [-0.05, 0) is 18.9 Å². The van der Waals surface area contributed by atoms with E-state index >= 15 is 0 Å². The second kappa shape index (κ2) is 6.37. The molecule has 1 unspecified atom stereocenters. The van der Waals surface area contributed by atoms with Crippen molar-refractivity contribution in [1.29, 1.82) is 10.5 Å². The number of nitrogens with zero attached hydrogens (tertiary/aromatic N) is 4. The Kier molecular flexibility index (Phi) is 4.11. The molecule has 0 spiro atoms. The fraction of sp³-hybridized carbons (Fsp3) is 0.375. The van der Waals surface area contributed by atoms with Crippen molar-refractivity contribution in [3.63, 3.8) is 0 Å². The van der Waals surface area contributed by atoms with Crippen LogP contribution in [-0.4, -0.2) is 39.9 Å². The summed E-state index contributed by atoms with van der Waals surface area (Å²) < 4.78 is 0.